The van der Waals surface area contributed by atoms with Crippen LogP contribution in [0.2, 0.25) is 0 Å². The van der Waals surface area contributed by atoms with Crippen LogP contribution in [0.1, 0.15) is 25.3 Å². The SMILES string of the molecule is CCCC1(O)CN(c2cccc(C)c2[N+](=O)[O-])C1. The zero-order chi connectivity index (χ0) is 13.3. The molecule has 5 nitrogen and oxygen atoms in total. The number of anilines is 1. The van der Waals surface area contributed by atoms with Gasteiger partial charge >= 0.3 is 0 Å². The lowest BCUT2D eigenvalue weighted by Gasteiger charge is -2.47. The summed E-state index contributed by atoms with van der Waals surface area (Å²) in [6, 6.07) is 5.30. The number of β-amino-alcohol motifs (C(OH)–C–C–N with tert-alkyl or cyclic N) is 1. The second kappa shape index (κ2) is 4.57. The van der Waals surface area contributed by atoms with Gasteiger partial charge in [-0.3, -0.25) is 10.1 Å². The first kappa shape index (κ1) is 12.8. The summed E-state index contributed by atoms with van der Waals surface area (Å²) in [5.74, 6) is 0. The standard InChI is InChI=1S/C13H18N2O3/c1-3-7-13(16)8-14(9-13)11-6-4-5-10(2)12(11)15(17)18/h4-6,16H,3,7-9H2,1-2H3. The zero-order valence-corrected chi connectivity index (χ0v) is 10.7. The maximum atomic E-state index is 11.1. The number of para-hydroxylation sites is 1. The van der Waals surface area contributed by atoms with Gasteiger partial charge in [-0.1, -0.05) is 25.5 Å². The van der Waals surface area contributed by atoms with Gasteiger partial charge in [-0.25, -0.2) is 0 Å². The summed E-state index contributed by atoms with van der Waals surface area (Å²) in [5.41, 5.74) is 0.743. The van der Waals surface area contributed by atoms with Crippen LogP contribution in [0.4, 0.5) is 11.4 Å². The molecule has 5 heteroatoms. The number of nitro benzene ring substituents is 1. The molecule has 18 heavy (non-hydrogen) atoms. The average molecular weight is 250 g/mol. The summed E-state index contributed by atoms with van der Waals surface area (Å²) in [4.78, 5) is 12.6. The molecule has 98 valence electrons. The first-order valence-electron chi connectivity index (χ1n) is 6.18. The Bertz CT molecular complexity index is 467. The van der Waals surface area contributed by atoms with E-state index in [4.69, 9.17) is 0 Å². The highest BCUT2D eigenvalue weighted by molar-refractivity contribution is 5.68. The maximum Gasteiger partial charge on any atom is 0.295 e. The minimum atomic E-state index is -0.674. The fourth-order valence-corrected chi connectivity index (χ4v) is 2.59. The Kier molecular flexibility index (Phi) is 3.26. The highest BCUT2D eigenvalue weighted by Crippen LogP contribution is 2.37. The molecular formula is C13H18N2O3. The van der Waals surface area contributed by atoms with Gasteiger partial charge in [0.1, 0.15) is 5.69 Å². The summed E-state index contributed by atoms with van der Waals surface area (Å²) in [6.07, 6.45) is 1.66. The number of hydrogen-bond donors (Lipinski definition) is 1. The van der Waals surface area contributed by atoms with E-state index in [-0.39, 0.29) is 10.6 Å². The quantitative estimate of drug-likeness (QED) is 0.657. The van der Waals surface area contributed by atoms with Crippen LogP contribution >= 0.6 is 0 Å². The number of nitro groups is 1. The first-order chi connectivity index (χ1) is 8.47. The van der Waals surface area contributed by atoms with Gasteiger partial charge < -0.3 is 10.0 Å². The van der Waals surface area contributed by atoms with Crippen molar-refractivity contribution in [3.63, 3.8) is 0 Å². The van der Waals surface area contributed by atoms with E-state index in [2.05, 4.69) is 0 Å². The lowest BCUT2D eigenvalue weighted by Crippen LogP contribution is -2.62. The molecule has 1 fully saturated rings. The van der Waals surface area contributed by atoms with Crippen molar-refractivity contribution in [3.05, 3.63) is 33.9 Å². The lowest BCUT2D eigenvalue weighted by atomic mass is 9.88. The highest BCUT2D eigenvalue weighted by atomic mass is 16.6. The van der Waals surface area contributed by atoms with E-state index in [0.29, 0.717) is 24.3 Å². The maximum absolute atomic E-state index is 11.1. The molecule has 0 radical (unpaired) electrons. The topological polar surface area (TPSA) is 66.6 Å². The molecule has 1 N–H and O–H groups in total. The average Bonchev–Trinajstić information content (AvgIpc) is 2.25. The Morgan fingerprint density at radius 3 is 2.72 bits per heavy atom. The number of aliphatic hydroxyl groups is 1. The van der Waals surface area contributed by atoms with E-state index in [1.807, 2.05) is 17.9 Å². The minimum absolute atomic E-state index is 0.149. The third-order valence-corrected chi connectivity index (χ3v) is 3.43. The molecule has 0 aromatic heterocycles. The molecule has 1 heterocycles. The fraction of sp³-hybridized carbons (Fsp3) is 0.538. The van der Waals surface area contributed by atoms with Gasteiger partial charge in [0.15, 0.2) is 0 Å². The van der Waals surface area contributed by atoms with Crippen LogP contribution in [-0.4, -0.2) is 28.7 Å². The molecule has 1 saturated heterocycles. The van der Waals surface area contributed by atoms with Crippen LogP contribution in [0.3, 0.4) is 0 Å². The number of rotatable bonds is 4. The van der Waals surface area contributed by atoms with Crippen LogP contribution in [0.15, 0.2) is 18.2 Å². The van der Waals surface area contributed by atoms with Crippen molar-refractivity contribution in [1.82, 2.24) is 0 Å². The predicted octanol–water partition coefficient (Wildman–Crippen LogP) is 2.25. The Labute approximate surface area is 106 Å². The van der Waals surface area contributed by atoms with E-state index in [1.165, 1.54) is 0 Å². The van der Waals surface area contributed by atoms with E-state index >= 15 is 0 Å². The second-order valence-corrected chi connectivity index (χ2v) is 5.03. The third kappa shape index (κ3) is 2.18. The molecule has 0 amide bonds. The zero-order valence-electron chi connectivity index (χ0n) is 10.7. The van der Waals surface area contributed by atoms with Crippen molar-refractivity contribution in [3.8, 4) is 0 Å². The summed E-state index contributed by atoms with van der Waals surface area (Å²) >= 11 is 0. The molecule has 0 aliphatic carbocycles. The first-order valence-corrected chi connectivity index (χ1v) is 6.18. The lowest BCUT2D eigenvalue weighted by molar-refractivity contribution is -0.384. The molecule has 1 aliphatic heterocycles. The molecule has 0 atom stereocenters. The van der Waals surface area contributed by atoms with Crippen molar-refractivity contribution in [2.24, 2.45) is 0 Å². The molecular weight excluding hydrogens is 232 g/mol. The normalized spacial score (nSPS) is 17.4. The van der Waals surface area contributed by atoms with Crippen molar-refractivity contribution in [1.29, 1.82) is 0 Å². The number of aryl methyl sites for hydroxylation is 1. The van der Waals surface area contributed by atoms with E-state index < -0.39 is 5.60 Å². The molecule has 0 saturated carbocycles. The third-order valence-electron chi connectivity index (χ3n) is 3.43. The molecule has 1 aliphatic rings. The van der Waals surface area contributed by atoms with E-state index in [0.717, 1.165) is 12.8 Å². The molecule has 0 unspecified atom stereocenters. The van der Waals surface area contributed by atoms with Gasteiger partial charge in [0.2, 0.25) is 0 Å². The Balaban J connectivity index is 2.22. The largest absolute Gasteiger partial charge is 0.386 e. The van der Waals surface area contributed by atoms with Crippen molar-refractivity contribution >= 4 is 11.4 Å². The van der Waals surface area contributed by atoms with Gasteiger partial charge in [-0.15, -0.1) is 0 Å². The Hall–Kier alpha value is -1.62. The van der Waals surface area contributed by atoms with Gasteiger partial charge in [-0.05, 0) is 19.4 Å². The second-order valence-electron chi connectivity index (χ2n) is 5.03. The van der Waals surface area contributed by atoms with Gasteiger partial charge in [0.25, 0.3) is 5.69 Å². The number of hydrogen-bond acceptors (Lipinski definition) is 4. The van der Waals surface area contributed by atoms with Gasteiger partial charge in [0, 0.05) is 18.7 Å². The highest BCUT2D eigenvalue weighted by Gasteiger charge is 2.42. The Morgan fingerprint density at radius 2 is 2.17 bits per heavy atom. The van der Waals surface area contributed by atoms with Crippen LogP contribution in [0.5, 0.6) is 0 Å². The van der Waals surface area contributed by atoms with E-state index in [9.17, 15) is 15.2 Å². The van der Waals surface area contributed by atoms with Crippen LogP contribution in [0, 0.1) is 17.0 Å². The molecule has 0 spiro atoms. The summed E-state index contributed by atoms with van der Waals surface area (Å²) in [7, 11) is 0. The summed E-state index contributed by atoms with van der Waals surface area (Å²) < 4.78 is 0. The minimum Gasteiger partial charge on any atom is -0.386 e. The van der Waals surface area contributed by atoms with Gasteiger partial charge in [0.05, 0.1) is 10.5 Å². The molecule has 1 aromatic rings. The predicted molar refractivity (Wildman–Crippen MR) is 69.9 cm³/mol. The Morgan fingerprint density at radius 1 is 1.50 bits per heavy atom. The smallest absolute Gasteiger partial charge is 0.295 e. The van der Waals surface area contributed by atoms with Crippen LogP contribution < -0.4 is 4.90 Å². The van der Waals surface area contributed by atoms with Crippen LogP contribution in [0.25, 0.3) is 0 Å². The van der Waals surface area contributed by atoms with Crippen molar-refractivity contribution in [2.75, 3.05) is 18.0 Å². The molecule has 1 aromatic carbocycles. The monoisotopic (exact) mass is 250 g/mol. The van der Waals surface area contributed by atoms with Crippen LogP contribution in [-0.2, 0) is 0 Å². The molecule has 0 bridgehead atoms. The molecule has 2 rings (SSSR count). The fourth-order valence-electron chi connectivity index (χ4n) is 2.59. The summed E-state index contributed by atoms with van der Waals surface area (Å²) in [6.45, 7) is 4.71. The summed E-state index contributed by atoms with van der Waals surface area (Å²) in [5, 5.41) is 21.2. The number of nitrogens with zero attached hydrogens (tertiary/aromatic N) is 2. The van der Waals surface area contributed by atoms with Crippen molar-refractivity contribution < 1.29 is 10.0 Å². The van der Waals surface area contributed by atoms with E-state index in [1.54, 1.807) is 19.1 Å². The number of benzene rings is 1. The van der Waals surface area contributed by atoms with Gasteiger partial charge in [-0.2, -0.15) is 0 Å². The van der Waals surface area contributed by atoms with Crippen molar-refractivity contribution in [2.45, 2.75) is 32.3 Å².